The lowest BCUT2D eigenvalue weighted by Gasteiger charge is -2.02. The highest BCUT2D eigenvalue weighted by molar-refractivity contribution is 6.30. The third-order valence-corrected chi connectivity index (χ3v) is 2.75. The van der Waals surface area contributed by atoms with Crippen molar-refractivity contribution in [3.63, 3.8) is 0 Å². The zero-order chi connectivity index (χ0) is 9.80. The molecule has 2 heteroatoms. The van der Waals surface area contributed by atoms with Gasteiger partial charge in [0.25, 0.3) is 0 Å². The molecule has 1 nitrogen and oxygen atoms in total. The third-order valence-electron chi connectivity index (χ3n) is 2.51. The van der Waals surface area contributed by atoms with Crippen LogP contribution >= 0.6 is 11.6 Å². The Kier molecular flexibility index (Phi) is 3.22. The van der Waals surface area contributed by atoms with Gasteiger partial charge in [-0.05, 0) is 30.5 Å². The fourth-order valence-electron chi connectivity index (χ4n) is 1.71. The molecule has 0 spiro atoms. The van der Waals surface area contributed by atoms with Gasteiger partial charge in [-0.3, -0.25) is 0 Å². The van der Waals surface area contributed by atoms with Crippen LogP contribution in [0, 0.1) is 0 Å². The summed E-state index contributed by atoms with van der Waals surface area (Å²) in [6.07, 6.45) is 4.52. The zero-order valence-corrected chi connectivity index (χ0v) is 8.85. The fourth-order valence-corrected chi connectivity index (χ4v) is 1.92. The first kappa shape index (κ1) is 9.75. The molecule has 1 aromatic carbocycles. The largest absolute Gasteiger partial charge is 0.310 e. The summed E-state index contributed by atoms with van der Waals surface area (Å²) < 4.78 is 0. The minimum absolute atomic E-state index is 0.834. The highest BCUT2D eigenvalue weighted by Crippen LogP contribution is 2.15. The normalized spacial score (nSPS) is 15.6. The zero-order valence-electron chi connectivity index (χ0n) is 8.09. The number of aryl methyl sites for hydroxylation is 1. The number of hydrogen-bond acceptors (Lipinski definition) is 1. The van der Waals surface area contributed by atoms with Crippen LogP contribution in [0.25, 0.3) is 0 Å². The van der Waals surface area contributed by atoms with Gasteiger partial charge >= 0.3 is 0 Å². The highest BCUT2D eigenvalue weighted by Gasteiger charge is 2.03. The Morgan fingerprint density at radius 2 is 2.21 bits per heavy atom. The average Bonchev–Trinajstić information content (AvgIpc) is 2.67. The van der Waals surface area contributed by atoms with E-state index in [-0.39, 0.29) is 0 Å². The maximum atomic E-state index is 5.91. The van der Waals surface area contributed by atoms with Crippen molar-refractivity contribution in [2.75, 3.05) is 13.1 Å². The van der Waals surface area contributed by atoms with E-state index >= 15 is 0 Å². The predicted molar refractivity (Wildman–Crippen MR) is 60.7 cm³/mol. The van der Waals surface area contributed by atoms with E-state index in [9.17, 15) is 0 Å². The lowest BCUT2D eigenvalue weighted by molar-refractivity contribution is 0.833. The van der Waals surface area contributed by atoms with Crippen molar-refractivity contribution in [1.29, 1.82) is 0 Å². The minimum atomic E-state index is 0.834. The van der Waals surface area contributed by atoms with Gasteiger partial charge in [0.1, 0.15) is 0 Å². The Balaban J connectivity index is 1.91. The number of rotatable bonds is 3. The fraction of sp³-hybridized carbons (Fsp3) is 0.333. The second kappa shape index (κ2) is 4.63. The van der Waals surface area contributed by atoms with Crippen LogP contribution in [0.4, 0.5) is 0 Å². The molecule has 1 heterocycles. The monoisotopic (exact) mass is 207 g/mol. The van der Waals surface area contributed by atoms with Crippen LogP contribution in [-0.2, 0) is 6.42 Å². The summed E-state index contributed by atoms with van der Waals surface area (Å²) in [5.41, 5.74) is 2.84. The second-order valence-electron chi connectivity index (χ2n) is 3.62. The summed E-state index contributed by atoms with van der Waals surface area (Å²) in [4.78, 5) is 0. The lowest BCUT2D eigenvalue weighted by atomic mass is 10.1. The smallest absolute Gasteiger partial charge is 0.0408 e. The van der Waals surface area contributed by atoms with Crippen molar-refractivity contribution in [2.24, 2.45) is 0 Å². The number of benzene rings is 1. The molecule has 0 unspecified atom stereocenters. The molecule has 0 bridgehead atoms. The molecule has 14 heavy (non-hydrogen) atoms. The van der Waals surface area contributed by atoms with Gasteiger partial charge in [0.15, 0.2) is 0 Å². The molecule has 1 aliphatic rings. The maximum absolute atomic E-state index is 5.91. The van der Waals surface area contributed by atoms with Crippen molar-refractivity contribution >= 4 is 11.6 Å². The molecule has 0 atom stereocenters. The molecule has 2 rings (SSSR count). The summed E-state index contributed by atoms with van der Waals surface area (Å²) in [6, 6.07) is 8.11. The minimum Gasteiger partial charge on any atom is -0.310 e. The number of halogens is 1. The van der Waals surface area contributed by atoms with Gasteiger partial charge in [-0.1, -0.05) is 35.4 Å². The molecular weight excluding hydrogens is 194 g/mol. The van der Waals surface area contributed by atoms with Crippen molar-refractivity contribution in [3.05, 3.63) is 46.5 Å². The Morgan fingerprint density at radius 3 is 2.93 bits per heavy atom. The van der Waals surface area contributed by atoms with E-state index in [1.807, 2.05) is 18.2 Å². The SMILES string of the molecule is Clc1cccc(CCC2=CCNC2)c1. The van der Waals surface area contributed by atoms with E-state index in [1.165, 1.54) is 11.1 Å². The topological polar surface area (TPSA) is 12.0 Å². The molecule has 74 valence electrons. The summed E-state index contributed by atoms with van der Waals surface area (Å²) in [5, 5.41) is 4.14. The molecule has 0 aromatic heterocycles. The Hall–Kier alpha value is -0.790. The third kappa shape index (κ3) is 2.60. The molecule has 0 radical (unpaired) electrons. The van der Waals surface area contributed by atoms with E-state index in [2.05, 4.69) is 17.5 Å². The van der Waals surface area contributed by atoms with E-state index in [4.69, 9.17) is 11.6 Å². The molecule has 0 aliphatic carbocycles. The van der Waals surface area contributed by atoms with E-state index in [1.54, 1.807) is 0 Å². The van der Waals surface area contributed by atoms with Gasteiger partial charge in [0, 0.05) is 18.1 Å². The van der Waals surface area contributed by atoms with Crippen molar-refractivity contribution < 1.29 is 0 Å². The Morgan fingerprint density at radius 1 is 1.29 bits per heavy atom. The predicted octanol–water partition coefficient (Wildman–Crippen LogP) is 2.80. The van der Waals surface area contributed by atoms with E-state index in [0.717, 1.165) is 31.0 Å². The van der Waals surface area contributed by atoms with Gasteiger partial charge < -0.3 is 5.32 Å². The summed E-state index contributed by atoms with van der Waals surface area (Å²) in [6.45, 7) is 2.09. The van der Waals surface area contributed by atoms with E-state index in [0.29, 0.717) is 0 Å². The lowest BCUT2D eigenvalue weighted by Crippen LogP contribution is -2.08. The van der Waals surface area contributed by atoms with Crippen LogP contribution in [-0.4, -0.2) is 13.1 Å². The van der Waals surface area contributed by atoms with Crippen LogP contribution < -0.4 is 5.32 Å². The Bertz CT molecular complexity index is 344. The maximum Gasteiger partial charge on any atom is 0.0408 e. The van der Waals surface area contributed by atoms with Crippen LogP contribution in [0.5, 0.6) is 0 Å². The van der Waals surface area contributed by atoms with Crippen LogP contribution in [0.15, 0.2) is 35.9 Å². The summed E-state index contributed by atoms with van der Waals surface area (Å²) >= 11 is 5.91. The summed E-state index contributed by atoms with van der Waals surface area (Å²) in [5.74, 6) is 0. The molecule has 1 aliphatic heterocycles. The van der Waals surface area contributed by atoms with Gasteiger partial charge in [-0.15, -0.1) is 0 Å². The van der Waals surface area contributed by atoms with Gasteiger partial charge in [0.2, 0.25) is 0 Å². The average molecular weight is 208 g/mol. The number of hydrogen-bond donors (Lipinski definition) is 1. The standard InChI is InChI=1S/C12H14ClN/c13-12-3-1-2-10(8-12)4-5-11-6-7-14-9-11/h1-3,6,8,14H,4-5,7,9H2. The first-order chi connectivity index (χ1) is 6.84. The number of nitrogens with one attached hydrogen (secondary N) is 1. The van der Waals surface area contributed by atoms with Crippen molar-refractivity contribution in [1.82, 2.24) is 5.32 Å². The molecule has 0 saturated carbocycles. The second-order valence-corrected chi connectivity index (χ2v) is 4.06. The molecule has 1 aromatic rings. The summed E-state index contributed by atoms with van der Waals surface area (Å²) in [7, 11) is 0. The molecular formula is C12H14ClN. The van der Waals surface area contributed by atoms with Crippen LogP contribution in [0.2, 0.25) is 5.02 Å². The molecule has 1 N–H and O–H groups in total. The van der Waals surface area contributed by atoms with Crippen molar-refractivity contribution in [2.45, 2.75) is 12.8 Å². The van der Waals surface area contributed by atoms with Crippen LogP contribution in [0.1, 0.15) is 12.0 Å². The first-order valence-corrected chi connectivity index (χ1v) is 5.35. The molecule has 0 saturated heterocycles. The van der Waals surface area contributed by atoms with Gasteiger partial charge in [-0.25, -0.2) is 0 Å². The van der Waals surface area contributed by atoms with Gasteiger partial charge in [-0.2, -0.15) is 0 Å². The van der Waals surface area contributed by atoms with E-state index < -0.39 is 0 Å². The first-order valence-electron chi connectivity index (χ1n) is 4.98. The van der Waals surface area contributed by atoms with Crippen molar-refractivity contribution in [3.8, 4) is 0 Å². The molecule has 0 fully saturated rings. The molecule has 0 amide bonds. The van der Waals surface area contributed by atoms with Gasteiger partial charge in [0.05, 0.1) is 0 Å². The van der Waals surface area contributed by atoms with Crippen LogP contribution in [0.3, 0.4) is 0 Å². The Labute approximate surface area is 89.8 Å². The quantitative estimate of drug-likeness (QED) is 0.752. The highest BCUT2D eigenvalue weighted by atomic mass is 35.5.